The molecule has 0 spiro atoms. The zero-order valence-electron chi connectivity index (χ0n) is 15.5. The summed E-state index contributed by atoms with van der Waals surface area (Å²) in [5, 5.41) is 4.21. The van der Waals surface area contributed by atoms with Gasteiger partial charge in [-0.1, -0.05) is 13.3 Å². The van der Waals surface area contributed by atoms with Crippen LogP contribution in [0.4, 0.5) is 5.95 Å². The SMILES string of the molecule is CCCCn1c(N/N=C/c2ccc(OC)cc2)nc2c1c(=O)[nH]c(=O)n2C. The van der Waals surface area contributed by atoms with Gasteiger partial charge in [0.05, 0.1) is 13.3 Å². The van der Waals surface area contributed by atoms with Crippen LogP contribution in [0.1, 0.15) is 25.3 Å². The minimum absolute atomic E-state index is 0.321. The Kier molecular flexibility index (Phi) is 5.39. The molecular weight excluding hydrogens is 348 g/mol. The molecule has 0 fully saturated rings. The maximum Gasteiger partial charge on any atom is 0.329 e. The van der Waals surface area contributed by atoms with E-state index in [1.807, 2.05) is 24.3 Å². The van der Waals surface area contributed by atoms with Gasteiger partial charge in [0.15, 0.2) is 11.2 Å². The number of hydrogen-bond acceptors (Lipinski definition) is 6. The Hall–Kier alpha value is -3.36. The molecule has 0 aliphatic carbocycles. The van der Waals surface area contributed by atoms with Gasteiger partial charge in [-0.2, -0.15) is 10.1 Å². The van der Waals surface area contributed by atoms with Crippen molar-refractivity contribution in [2.24, 2.45) is 12.1 Å². The molecule has 0 aliphatic rings. The second-order valence-electron chi connectivity index (χ2n) is 6.07. The first-order valence-corrected chi connectivity index (χ1v) is 8.67. The van der Waals surface area contributed by atoms with Gasteiger partial charge in [0.2, 0.25) is 5.95 Å². The van der Waals surface area contributed by atoms with E-state index in [-0.39, 0.29) is 0 Å². The zero-order valence-corrected chi connectivity index (χ0v) is 15.5. The number of ether oxygens (including phenoxy) is 1. The van der Waals surface area contributed by atoms with Crippen molar-refractivity contribution in [2.45, 2.75) is 26.3 Å². The fraction of sp³-hybridized carbons (Fsp3) is 0.333. The molecule has 9 heteroatoms. The van der Waals surface area contributed by atoms with Gasteiger partial charge < -0.3 is 9.30 Å². The van der Waals surface area contributed by atoms with E-state index in [4.69, 9.17) is 4.74 Å². The Morgan fingerprint density at radius 2 is 2.04 bits per heavy atom. The second-order valence-corrected chi connectivity index (χ2v) is 6.07. The lowest BCUT2D eigenvalue weighted by Gasteiger charge is -2.07. The van der Waals surface area contributed by atoms with E-state index in [0.717, 1.165) is 24.2 Å². The number of nitrogens with zero attached hydrogens (tertiary/aromatic N) is 4. The van der Waals surface area contributed by atoms with Gasteiger partial charge in [-0.05, 0) is 36.2 Å². The predicted octanol–water partition coefficient (Wildman–Crippen LogP) is 1.68. The molecule has 9 nitrogen and oxygen atoms in total. The summed E-state index contributed by atoms with van der Waals surface area (Å²) in [4.78, 5) is 30.9. The second kappa shape index (κ2) is 7.90. The van der Waals surface area contributed by atoms with Crippen molar-refractivity contribution >= 4 is 23.3 Å². The Balaban J connectivity index is 1.95. The number of methoxy groups -OCH3 is 1. The molecular formula is C18H22N6O3. The normalized spacial score (nSPS) is 11.4. The Bertz CT molecular complexity index is 1080. The van der Waals surface area contributed by atoms with Crippen LogP contribution in [0.5, 0.6) is 5.75 Å². The van der Waals surface area contributed by atoms with Gasteiger partial charge in [0.1, 0.15) is 5.75 Å². The molecule has 142 valence electrons. The topological polar surface area (TPSA) is 106 Å². The number of H-pyrrole nitrogens is 1. The third kappa shape index (κ3) is 3.76. The quantitative estimate of drug-likeness (QED) is 0.486. The molecule has 0 aliphatic heterocycles. The summed E-state index contributed by atoms with van der Waals surface area (Å²) < 4.78 is 8.20. The molecule has 0 unspecified atom stereocenters. The van der Waals surface area contributed by atoms with E-state index >= 15 is 0 Å². The highest BCUT2D eigenvalue weighted by Crippen LogP contribution is 2.16. The van der Waals surface area contributed by atoms with Crippen molar-refractivity contribution in [3.05, 3.63) is 50.7 Å². The zero-order chi connectivity index (χ0) is 19.4. The van der Waals surface area contributed by atoms with Crippen LogP contribution in [-0.2, 0) is 13.6 Å². The molecule has 0 atom stereocenters. The molecule has 0 saturated carbocycles. The van der Waals surface area contributed by atoms with Crippen molar-refractivity contribution in [3.8, 4) is 5.75 Å². The molecule has 0 saturated heterocycles. The lowest BCUT2D eigenvalue weighted by molar-refractivity contribution is 0.415. The van der Waals surface area contributed by atoms with E-state index in [9.17, 15) is 9.59 Å². The smallest absolute Gasteiger partial charge is 0.329 e. The van der Waals surface area contributed by atoms with Crippen LogP contribution in [0.2, 0.25) is 0 Å². The van der Waals surface area contributed by atoms with Gasteiger partial charge in [0.25, 0.3) is 5.56 Å². The fourth-order valence-electron chi connectivity index (χ4n) is 2.71. The highest BCUT2D eigenvalue weighted by Gasteiger charge is 2.16. The Morgan fingerprint density at radius 3 is 2.70 bits per heavy atom. The van der Waals surface area contributed by atoms with Crippen molar-refractivity contribution in [1.82, 2.24) is 19.1 Å². The van der Waals surface area contributed by atoms with Gasteiger partial charge in [-0.25, -0.2) is 10.2 Å². The largest absolute Gasteiger partial charge is 0.497 e. The number of hydrazone groups is 1. The maximum absolute atomic E-state index is 12.3. The number of benzene rings is 1. The highest BCUT2D eigenvalue weighted by molar-refractivity contribution is 5.80. The maximum atomic E-state index is 12.3. The highest BCUT2D eigenvalue weighted by atomic mass is 16.5. The van der Waals surface area contributed by atoms with Crippen LogP contribution in [0.25, 0.3) is 11.2 Å². The summed E-state index contributed by atoms with van der Waals surface area (Å²) in [5.41, 5.74) is 3.49. The molecule has 0 amide bonds. The number of anilines is 1. The fourth-order valence-corrected chi connectivity index (χ4v) is 2.71. The first-order chi connectivity index (χ1) is 13.0. The molecule has 27 heavy (non-hydrogen) atoms. The summed E-state index contributed by atoms with van der Waals surface area (Å²) in [5.74, 6) is 1.18. The number of fused-ring (bicyclic) bond motifs is 1. The van der Waals surface area contributed by atoms with Crippen molar-refractivity contribution in [3.63, 3.8) is 0 Å². The number of rotatable bonds is 7. The van der Waals surface area contributed by atoms with E-state index in [2.05, 4.69) is 27.4 Å². The van der Waals surface area contributed by atoms with Crippen LogP contribution in [0, 0.1) is 0 Å². The van der Waals surface area contributed by atoms with Gasteiger partial charge >= 0.3 is 5.69 Å². The van der Waals surface area contributed by atoms with Crippen molar-refractivity contribution < 1.29 is 4.74 Å². The molecule has 3 rings (SSSR count). The average molecular weight is 370 g/mol. The first-order valence-electron chi connectivity index (χ1n) is 8.67. The van der Waals surface area contributed by atoms with Crippen LogP contribution in [0.15, 0.2) is 39.0 Å². The Labute approximate surface area is 155 Å². The standard InChI is InChI=1S/C18H22N6O3/c1-4-5-10-24-14-15(23(2)18(26)21-16(14)25)20-17(24)22-19-11-12-6-8-13(27-3)9-7-12/h6-9,11H,4-5,10H2,1-3H3,(H,20,22)(H,21,25,26)/b19-11+. The number of hydrogen-bond donors (Lipinski definition) is 2. The molecule has 1 aromatic carbocycles. The minimum atomic E-state index is -0.499. The molecule has 3 aromatic rings. The van der Waals surface area contributed by atoms with E-state index in [1.165, 1.54) is 4.57 Å². The lowest BCUT2D eigenvalue weighted by atomic mass is 10.2. The van der Waals surface area contributed by atoms with Gasteiger partial charge in [0, 0.05) is 13.6 Å². The van der Waals surface area contributed by atoms with E-state index in [0.29, 0.717) is 23.7 Å². The number of unbranched alkanes of at least 4 members (excludes halogenated alkanes) is 1. The number of aromatic amines is 1. The van der Waals surface area contributed by atoms with Crippen LogP contribution < -0.4 is 21.4 Å². The van der Waals surface area contributed by atoms with Gasteiger partial charge in [-0.15, -0.1) is 0 Å². The summed E-state index contributed by atoms with van der Waals surface area (Å²) in [7, 11) is 3.18. The summed E-state index contributed by atoms with van der Waals surface area (Å²) in [6.45, 7) is 2.66. The summed E-state index contributed by atoms with van der Waals surface area (Å²) >= 11 is 0. The van der Waals surface area contributed by atoms with Crippen LogP contribution >= 0.6 is 0 Å². The number of imidazole rings is 1. The van der Waals surface area contributed by atoms with Crippen molar-refractivity contribution in [2.75, 3.05) is 12.5 Å². The van der Waals surface area contributed by atoms with Crippen LogP contribution in [-0.4, -0.2) is 32.4 Å². The summed E-state index contributed by atoms with van der Waals surface area (Å²) in [6.07, 6.45) is 3.47. The molecule has 2 heterocycles. The average Bonchev–Trinajstić information content (AvgIpc) is 3.04. The predicted molar refractivity (Wildman–Crippen MR) is 105 cm³/mol. The Morgan fingerprint density at radius 1 is 1.30 bits per heavy atom. The van der Waals surface area contributed by atoms with Crippen LogP contribution in [0.3, 0.4) is 0 Å². The third-order valence-electron chi connectivity index (χ3n) is 4.24. The molecule has 0 radical (unpaired) electrons. The number of nitrogens with one attached hydrogen (secondary N) is 2. The number of aryl methyl sites for hydroxylation is 2. The third-order valence-corrected chi connectivity index (χ3v) is 4.24. The lowest BCUT2D eigenvalue weighted by Crippen LogP contribution is -2.29. The minimum Gasteiger partial charge on any atom is -0.497 e. The molecule has 2 N–H and O–H groups in total. The van der Waals surface area contributed by atoms with E-state index < -0.39 is 11.2 Å². The monoisotopic (exact) mass is 370 g/mol. The van der Waals surface area contributed by atoms with Gasteiger partial charge in [-0.3, -0.25) is 14.3 Å². The summed E-state index contributed by atoms with van der Waals surface area (Å²) in [6, 6.07) is 7.43. The van der Waals surface area contributed by atoms with E-state index in [1.54, 1.807) is 24.9 Å². The first kappa shape index (κ1) is 18.4. The molecule has 0 bridgehead atoms. The number of aromatic nitrogens is 4. The molecule has 2 aromatic heterocycles. The van der Waals surface area contributed by atoms with Crippen molar-refractivity contribution in [1.29, 1.82) is 0 Å².